The van der Waals surface area contributed by atoms with E-state index >= 15 is 0 Å². The van der Waals surface area contributed by atoms with E-state index in [0.717, 1.165) is 43.7 Å². The third kappa shape index (κ3) is 2.84. The van der Waals surface area contributed by atoms with Crippen molar-refractivity contribution < 1.29 is 4.79 Å². The summed E-state index contributed by atoms with van der Waals surface area (Å²) in [6, 6.07) is 4.01. The van der Waals surface area contributed by atoms with Crippen LogP contribution in [-0.4, -0.2) is 43.4 Å². The fraction of sp³-hybridized carbons (Fsp3) is 0.533. The number of rotatable bonds is 3. The third-order valence-electron chi connectivity index (χ3n) is 4.11. The maximum atomic E-state index is 12.6. The predicted molar refractivity (Wildman–Crippen MR) is 79.0 cm³/mol. The zero-order valence-corrected chi connectivity index (χ0v) is 12.5. The SMILES string of the molecule is Cc1cc(C)n(CC2CCCCN2C(=O)c2ccn[nH]2)n1. The molecule has 0 radical (unpaired) electrons. The maximum Gasteiger partial charge on any atom is 0.272 e. The Labute approximate surface area is 124 Å². The summed E-state index contributed by atoms with van der Waals surface area (Å²) in [4.78, 5) is 14.5. The molecule has 0 spiro atoms. The van der Waals surface area contributed by atoms with Gasteiger partial charge in [0.2, 0.25) is 0 Å². The van der Waals surface area contributed by atoms with Crippen LogP contribution < -0.4 is 0 Å². The molecule has 2 aromatic rings. The third-order valence-corrected chi connectivity index (χ3v) is 4.11. The molecule has 2 aromatic heterocycles. The summed E-state index contributed by atoms with van der Waals surface area (Å²) in [7, 11) is 0. The van der Waals surface area contributed by atoms with Gasteiger partial charge in [0.05, 0.1) is 18.3 Å². The van der Waals surface area contributed by atoms with E-state index in [-0.39, 0.29) is 11.9 Å². The van der Waals surface area contributed by atoms with E-state index in [4.69, 9.17) is 0 Å². The molecular formula is C15H21N5O. The molecule has 3 heterocycles. The molecule has 3 rings (SSSR count). The first kappa shape index (κ1) is 13.9. The van der Waals surface area contributed by atoms with Crippen LogP contribution in [0.4, 0.5) is 0 Å². The average Bonchev–Trinajstić information content (AvgIpc) is 3.09. The van der Waals surface area contributed by atoms with Gasteiger partial charge in [0.25, 0.3) is 5.91 Å². The van der Waals surface area contributed by atoms with Crippen molar-refractivity contribution in [2.45, 2.75) is 45.7 Å². The monoisotopic (exact) mass is 287 g/mol. The number of piperidine rings is 1. The van der Waals surface area contributed by atoms with E-state index in [0.29, 0.717) is 5.69 Å². The number of hydrogen-bond donors (Lipinski definition) is 1. The predicted octanol–water partition coefficient (Wildman–Crippen LogP) is 1.92. The Kier molecular flexibility index (Phi) is 3.77. The second-order valence-electron chi connectivity index (χ2n) is 5.73. The summed E-state index contributed by atoms with van der Waals surface area (Å²) < 4.78 is 2.01. The van der Waals surface area contributed by atoms with E-state index in [9.17, 15) is 4.79 Å². The molecule has 1 aliphatic heterocycles. The Bertz CT molecular complexity index is 616. The first-order valence-corrected chi connectivity index (χ1v) is 7.46. The van der Waals surface area contributed by atoms with Crippen LogP contribution in [0.25, 0.3) is 0 Å². The molecule has 21 heavy (non-hydrogen) atoms. The number of aryl methyl sites for hydroxylation is 2. The van der Waals surface area contributed by atoms with Gasteiger partial charge in [-0.25, -0.2) is 0 Å². The lowest BCUT2D eigenvalue weighted by atomic mass is 10.0. The molecule has 1 fully saturated rings. The van der Waals surface area contributed by atoms with Crippen LogP contribution >= 0.6 is 0 Å². The van der Waals surface area contributed by atoms with Crippen LogP contribution in [0, 0.1) is 13.8 Å². The first-order valence-electron chi connectivity index (χ1n) is 7.46. The minimum atomic E-state index is 0.0405. The number of aromatic nitrogens is 4. The molecule has 1 atom stereocenters. The van der Waals surface area contributed by atoms with Crippen molar-refractivity contribution in [1.82, 2.24) is 24.9 Å². The van der Waals surface area contributed by atoms with E-state index in [2.05, 4.69) is 28.3 Å². The summed E-state index contributed by atoms with van der Waals surface area (Å²) in [6.07, 6.45) is 4.87. The van der Waals surface area contributed by atoms with Gasteiger partial charge in [-0.3, -0.25) is 14.6 Å². The summed E-state index contributed by atoms with van der Waals surface area (Å²) in [6.45, 7) is 5.63. The smallest absolute Gasteiger partial charge is 0.272 e. The Balaban J connectivity index is 1.78. The lowest BCUT2D eigenvalue weighted by Gasteiger charge is -2.35. The number of likely N-dealkylation sites (tertiary alicyclic amines) is 1. The number of carbonyl (C=O) groups excluding carboxylic acids is 1. The molecule has 1 N–H and O–H groups in total. The summed E-state index contributed by atoms with van der Waals surface area (Å²) in [5.74, 6) is 0.0405. The molecule has 0 aromatic carbocycles. The molecule has 1 aliphatic rings. The quantitative estimate of drug-likeness (QED) is 0.938. The molecular weight excluding hydrogens is 266 g/mol. The first-order chi connectivity index (χ1) is 10.1. The zero-order chi connectivity index (χ0) is 14.8. The molecule has 0 saturated carbocycles. The van der Waals surface area contributed by atoms with Crippen LogP contribution in [0.5, 0.6) is 0 Å². The Morgan fingerprint density at radius 1 is 1.43 bits per heavy atom. The Morgan fingerprint density at radius 3 is 2.95 bits per heavy atom. The molecule has 6 heteroatoms. The fourth-order valence-electron chi connectivity index (χ4n) is 3.05. The van der Waals surface area contributed by atoms with Crippen LogP contribution in [0.15, 0.2) is 18.3 Å². The number of carbonyl (C=O) groups is 1. The van der Waals surface area contributed by atoms with Gasteiger partial charge >= 0.3 is 0 Å². The normalized spacial score (nSPS) is 19.0. The molecule has 1 amide bonds. The van der Waals surface area contributed by atoms with Crippen molar-refractivity contribution in [1.29, 1.82) is 0 Å². The minimum absolute atomic E-state index is 0.0405. The highest BCUT2D eigenvalue weighted by Gasteiger charge is 2.28. The summed E-state index contributed by atoms with van der Waals surface area (Å²) in [5, 5.41) is 11.2. The Morgan fingerprint density at radius 2 is 2.29 bits per heavy atom. The van der Waals surface area contributed by atoms with Crippen LogP contribution in [0.1, 0.15) is 41.1 Å². The molecule has 112 valence electrons. The van der Waals surface area contributed by atoms with Gasteiger partial charge in [-0.1, -0.05) is 0 Å². The van der Waals surface area contributed by atoms with E-state index in [1.807, 2.05) is 16.5 Å². The molecule has 0 bridgehead atoms. The van der Waals surface area contributed by atoms with Crippen molar-refractivity contribution in [2.75, 3.05) is 6.54 Å². The van der Waals surface area contributed by atoms with Gasteiger partial charge in [-0.2, -0.15) is 10.2 Å². The molecule has 6 nitrogen and oxygen atoms in total. The number of aromatic amines is 1. The molecule has 1 unspecified atom stereocenters. The minimum Gasteiger partial charge on any atom is -0.332 e. The second kappa shape index (κ2) is 5.71. The average molecular weight is 287 g/mol. The summed E-state index contributed by atoms with van der Waals surface area (Å²) >= 11 is 0. The van der Waals surface area contributed by atoms with Crippen molar-refractivity contribution in [3.05, 3.63) is 35.4 Å². The van der Waals surface area contributed by atoms with E-state index in [1.165, 1.54) is 0 Å². The summed E-state index contributed by atoms with van der Waals surface area (Å²) in [5.41, 5.74) is 2.73. The lowest BCUT2D eigenvalue weighted by molar-refractivity contribution is 0.0576. The van der Waals surface area contributed by atoms with Crippen molar-refractivity contribution in [2.24, 2.45) is 0 Å². The number of nitrogens with zero attached hydrogens (tertiary/aromatic N) is 4. The van der Waals surface area contributed by atoms with Gasteiger partial charge in [-0.15, -0.1) is 0 Å². The van der Waals surface area contributed by atoms with Crippen LogP contribution in [0.2, 0.25) is 0 Å². The lowest BCUT2D eigenvalue weighted by Crippen LogP contribution is -2.46. The highest BCUT2D eigenvalue weighted by molar-refractivity contribution is 5.92. The molecule has 0 aliphatic carbocycles. The van der Waals surface area contributed by atoms with Crippen LogP contribution in [0.3, 0.4) is 0 Å². The topological polar surface area (TPSA) is 66.8 Å². The van der Waals surface area contributed by atoms with Crippen LogP contribution in [-0.2, 0) is 6.54 Å². The highest BCUT2D eigenvalue weighted by Crippen LogP contribution is 2.21. The zero-order valence-electron chi connectivity index (χ0n) is 12.5. The Hall–Kier alpha value is -2.11. The maximum absolute atomic E-state index is 12.6. The standard InChI is InChI=1S/C15H21N5O/c1-11-9-12(2)20(18-11)10-13-5-3-4-8-19(13)15(21)14-6-7-16-17-14/h6-7,9,13H,3-5,8,10H2,1-2H3,(H,16,17). The van der Waals surface area contributed by atoms with E-state index < -0.39 is 0 Å². The number of H-pyrrole nitrogens is 1. The highest BCUT2D eigenvalue weighted by atomic mass is 16.2. The van der Waals surface area contributed by atoms with Gasteiger partial charge < -0.3 is 4.90 Å². The van der Waals surface area contributed by atoms with Gasteiger partial charge in [0.15, 0.2) is 0 Å². The number of amides is 1. The number of hydrogen-bond acceptors (Lipinski definition) is 3. The second-order valence-corrected chi connectivity index (χ2v) is 5.73. The van der Waals surface area contributed by atoms with Crippen molar-refractivity contribution in [3.8, 4) is 0 Å². The van der Waals surface area contributed by atoms with Crippen molar-refractivity contribution >= 4 is 5.91 Å². The largest absolute Gasteiger partial charge is 0.332 e. The van der Waals surface area contributed by atoms with Gasteiger partial charge in [0.1, 0.15) is 5.69 Å². The van der Waals surface area contributed by atoms with E-state index in [1.54, 1.807) is 12.3 Å². The molecule has 1 saturated heterocycles. The van der Waals surface area contributed by atoms with Crippen molar-refractivity contribution in [3.63, 3.8) is 0 Å². The van der Waals surface area contributed by atoms with Gasteiger partial charge in [-0.05, 0) is 45.2 Å². The number of nitrogens with one attached hydrogen (secondary N) is 1. The fourth-order valence-corrected chi connectivity index (χ4v) is 3.05. The van der Waals surface area contributed by atoms with Gasteiger partial charge in [0, 0.05) is 18.4 Å².